The second-order valence-electron chi connectivity index (χ2n) is 9.30. The Morgan fingerprint density at radius 2 is 1.97 bits per heavy atom. The quantitative estimate of drug-likeness (QED) is 0.753. The van der Waals surface area contributed by atoms with Gasteiger partial charge in [-0.05, 0) is 25.7 Å². The van der Waals surface area contributed by atoms with Crippen LogP contribution in [0, 0.1) is 0 Å². The molecule has 1 aromatic heterocycles. The minimum atomic E-state index is -0.627. The van der Waals surface area contributed by atoms with Crippen LogP contribution in [-0.4, -0.2) is 70.9 Å². The predicted molar refractivity (Wildman–Crippen MR) is 112 cm³/mol. The van der Waals surface area contributed by atoms with Gasteiger partial charge in [-0.1, -0.05) is 12.8 Å². The zero-order valence-electron chi connectivity index (χ0n) is 18.1. The summed E-state index contributed by atoms with van der Waals surface area (Å²) in [5.41, 5.74) is -0.627. The number of imidazole rings is 1. The van der Waals surface area contributed by atoms with Gasteiger partial charge >= 0.3 is 6.03 Å². The summed E-state index contributed by atoms with van der Waals surface area (Å²) in [5.74, 6) is 0.766. The first-order valence-corrected chi connectivity index (χ1v) is 11.8. The van der Waals surface area contributed by atoms with Crippen LogP contribution in [0.2, 0.25) is 0 Å². The first-order valence-electron chi connectivity index (χ1n) is 11.8. The fourth-order valence-electron chi connectivity index (χ4n) is 5.42. The smallest absolute Gasteiger partial charge is 0.317 e. The van der Waals surface area contributed by atoms with E-state index in [-0.39, 0.29) is 18.0 Å². The molecular formula is C22H33N5O4. The van der Waals surface area contributed by atoms with Gasteiger partial charge in [0.1, 0.15) is 11.4 Å². The number of nitrogens with zero attached hydrogens (tertiary/aromatic N) is 3. The maximum absolute atomic E-state index is 12.9. The van der Waals surface area contributed by atoms with Crippen molar-refractivity contribution in [3.63, 3.8) is 0 Å². The molecule has 1 saturated carbocycles. The molecule has 3 aliphatic heterocycles. The summed E-state index contributed by atoms with van der Waals surface area (Å²) in [6.45, 7) is 2.94. The van der Waals surface area contributed by atoms with Gasteiger partial charge in [-0.3, -0.25) is 4.79 Å². The second kappa shape index (κ2) is 8.78. The van der Waals surface area contributed by atoms with Gasteiger partial charge in [0, 0.05) is 57.5 Å². The fraction of sp³-hybridized carbons (Fsp3) is 0.773. The van der Waals surface area contributed by atoms with Gasteiger partial charge in [0.05, 0.1) is 12.6 Å². The zero-order valence-corrected chi connectivity index (χ0v) is 18.1. The zero-order chi connectivity index (χ0) is 21.3. The van der Waals surface area contributed by atoms with Crippen LogP contribution in [0.3, 0.4) is 0 Å². The van der Waals surface area contributed by atoms with Gasteiger partial charge in [0.2, 0.25) is 0 Å². The molecule has 1 aromatic rings. The predicted octanol–water partition coefficient (Wildman–Crippen LogP) is 1.52. The number of aromatic nitrogens is 2. The molecule has 1 spiro atoms. The number of rotatable bonds is 4. The number of hydrogen-bond donors (Lipinski definition) is 2. The van der Waals surface area contributed by atoms with Gasteiger partial charge < -0.3 is 29.6 Å². The number of piperidine rings is 1. The molecule has 170 valence electrons. The summed E-state index contributed by atoms with van der Waals surface area (Å²) in [7, 11) is 0. The van der Waals surface area contributed by atoms with Gasteiger partial charge in [-0.25, -0.2) is 9.78 Å². The summed E-state index contributed by atoms with van der Waals surface area (Å²) in [4.78, 5) is 32.0. The van der Waals surface area contributed by atoms with Crippen LogP contribution in [0.25, 0.3) is 0 Å². The first-order chi connectivity index (χ1) is 15.1. The molecule has 0 unspecified atom stereocenters. The normalized spacial score (nSPS) is 27.9. The highest BCUT2D eigenvalue weighted by Crippen LogP contribution is 2.40. The molecule has 3 fully saturated rings. The van der Waals surface area contributed by atoms with Gasteiger partial charge in [-0.15, -0.1) is 0 Å². The van der Waals surface area contributed by atoms with Crippen LogP contribution in [0.5, 0.6) is 0 Å². The largest absolute Gasteiger partial charge is 0.376 e. The van der Waals surface area contributed by atoms with E-state index < -0.39 is 11.7 Å². The molecule has 2 atom stereocenters. The summed E-state index contributed by atoms with van der Waals surface area (Å²) in [6.07, 6.45) is 11.1. The lowest BCUT2D eigenvalue weighted by Crippen LogP contribution is -2.56. The highest BCUT2D eigenvalue weighted by atomic mass is 16.5. The van der Waals surface area contributed by atoms with Crippen molar-refractivity contribution in [2.45, 2.75) is 81.8 Å². The molecule has 9 heteroatoms. The van der Waals surface area contributed by atoms with Crippen molar-refractivity contribution in [1.82, 2.24) is 25.1 Å². The maximum atomic E-state index is 12.9. The number of nitrogens with one attached hydrogen (secondary N) is 2. The Labute approximate surface area is 182 Å². The summed E-state index contributed by atoms with van der Waals surface area (Å²) >= 11 is 0. The molecule has 9 nitrogen and oxygen atoms in total. The molecule has 31 heavy (non-hydrogen) atoms. The molecule has 2 saturated heterocycles. The van der Waals surface area contributed by atoms with Crippen molar-refractivity contribution in [2.75, 3.05) is 26.2 Å². The van der Waals surface area contributed by atoms with E-state index in [1.807, 2.05) is 15.7 Å². The van der Waals surface area contributed by atoms with Crippen molar-refractivity contribution in [2.24, 2.45) is 0 Å². The molecule has 0 aromatic carbocycles. The minimum Gasteiger partial charge on any atom is -0.376 e. The summed E-state index contributed by atoms with van der Waals surface area (Å²) in [5, 5.41) is 6.18. The number of carbonyl (C=O) groups excluding carboxylic acids is 2. The Bertz CT molecular complexity index is 792. The number of carbonyl (C=O) groups is 2. The van der Waals surface area contributed by atoms with Crippen LogP contribution < -0.4 is 10.6 Å². The SMILES string of the molecule is O=C(NC[C@H]1CCCO1)[C@@H]1Cn2ccnc2C2(CCN(C(=O)NC3CCCC3)CC2)O1. The van der Waals surface area contributed by atoms with Crippen LogP contribution >= 0.6 is 0 Å². The van der Waals surface area contributed by atoms with Gasteiger partial charge in [0.15, 0.2) is 6.10 Å². The third-order valence-corrected chi connectivity index (χ3v) is 7.21. The Hall–Kier alpha value is -2.13. The van der Waals surface area contributed by atoms with Crippen molar-refractivity contribution < 1.29 is 19.1 Å². The second-order valence-corrected chi connectivity index (χ2v) is 9.30. The van der Waals surface area contributed by atoms with E-state index in [0.717, 1.165) is 38.1 Å². The fourth-order valence-corrected chi connectivity index (χ4v) is 5.42. The Morgan fingerprint density at radius 1 is 1.16 bits per heavy atom. The highest BCUT2D eigenvalue weighted by molar-refractivity contribution is 5.81. The number of urea groups is 1. The molecule has 4 aliphatic rings. The molecule has 2 N–H and O–H groups in total. The average molecular weight is 432 g/mol. The molecule has 4 heterocycles. The van der Waals surface area contributed by atoms with E-state index >= 15 is 0 Å². The third-order valence-electron chi connectivity index (χ3n) is 7.21. The van der Waals surface area contributed by atoms with E-state index in [0.29, 0.717) is 45.1 Å². The first kappa shape index (κ1) is 20.8. The molecular weight excluding hydrogens is 398 g/mol. The van der Waals surface area contributed by atoms with Gasteiger partial charge in [-0.2, -0.15) is 0 Å². The van der Waals surface area contributed by atoms with Crippen molar-refractivity contribution >= 4 is 11.9 Å². The van der Waals surface area contributed by atoms with E-state index in [1.165, 1.54) is 12.8 Å². The Morgan fingerprint density at radius 3 is 2.71 bits per heavy atom. The average Bonchev–Trinajstić information content (AvgIpc) is 3.55. The number of amides is 3. The lowest BCUT2D eigenvalue weighted by Gasteiger charge is -2.45. The summed E-state index contributed by atoms with van der Waals surface area (Å²) < 4.78 is 14.1. The lowest BCUT2D eigenvalue weighted by atomic mass is 9.88. The molecule has 0 radical (unpaired) electrons. The van der Waals surface area contributed by atoms with Crippen LogP contribution in [0.15, 0.2) is 12.4 Å². The molecule has 3 amide bonds. The minimum absolute atomic E-state index is 0.0201. The molecule has 1 aliphatic carbocycles. The van der Waals surface area contributed by atoms with Crippen LogP contribution in [0.1, 0.15) is 57.2 Å². The van der Waals surface area contributed by atoms with Crippen LogP contribution in [0.4, 0.5) is 4.79 Å². The monoisotopic (exact) mass is 431 g/mol. The highest BCUT2D eigenvalue weighted by Gasteiger charge is 2.47. The van der Waals surface area contributed by atoms with Crippen molar-refractivity contribution in [3.05, 3.63) is 18.2 Å². The Balaban J connectivity index is 1.22. The number of likely N-dealkylation sites (tertiary alicyclic amines) is 1. The Kier molecular flexibility index (Phi) is 5.88. The van der Waals surface area contributed by atoms with Crippen molar-refractivity contribution in [1.29, 1.82) is 0 Å². The van der Waals surface area contributed by atoms with Crippen LogP contribution in [-0.2, 0) is 26.4 Å². The topological polar surface area (TPSA) is 97.7 Å². The van der Waals surface area contributed by atoms with Gasteiger partial charge in [0.25, 0.3) is 5.91 Å². The summed E-state index contributed by atoms with van der Waals surface area (Å²) in [6, 6.07) is 0.330. The number of ether oxygens (including phenoxy) is 2. The van der Waals surface area contributed by atoms with E-state index in [1.54, 1.807) is 6.20 Å². The third kappa shape index (κ3) is 4.30. The van der Waals surface area contributed by atoms with E-state index in [2.05, 4.69) is 15.6 Å². The number of hydrogen-bond acceptors (Lipinski definition) is 5. The molecule has 0 bridgehead atoms. The number of fused-ring (bicyclic) bond motifs is 2. The standard InChI is InChI=1S/C22H33N5O4/c28-19(24-14-17-6-3-13-30-17)18-15-27-12-9-23-20(27)22(31-18)7-10-26(11-8-22)21(29)25-16-4-1-2-5-16/h9,12,16-18H,1-8,10-11,13-15H2,(H,24,28)(H,25,29)/t17-,18+/m1/s1. The maximum Gasteiger partial charge on any atom is 0.317 e. The molecule has 5 rings (SSSR count). The van der Waals surface area contributed by atoms with E-state index in [4.69, 9.17) is 9.47 Å². The lowest BCUT2D eigenvalue weighted by molar-refractivity contribution is -0.172. The van der Waals surface area contributed by atoms with Crippen molar-refractivity contribution in [3.8, 4) is 0 Å². The van der Waals surface area contributed by atoms with E-state index in [9.17, 15) is 9.59 Å².